The first-order valence-corrected chi connectivity index (χ1v) is 12.5. The second kappa shape index (κ2) is 9.90. The van der Waals surface area contributed by atoms with E-state index in [-0.39, 0.29) is 24.1 Å². The predicted molar refractivity (Wildman–Crippen MR) is 114 cm³/mol. The van der Waals surface area contributed by atoms with Crippen molar-refractivity contribution in [1.82, 2.24) is 9.62 Å². The summed E-state index contributed by atoms with van der Waals surface area (Å²) in [6.07, 6.45) is 6.55. The summed E-state index contributed by atoms with van der Waals surface area (Å²) in [5.41, 5.74) is 1.90. The summed E-state index contributed by atoms with van der Waals surface area (Å²) >= 11 is 0. The molecular formula is C22H31N3O4S. The normalized spacial score (nSPS) is 27.4. The van der Waals surface area contributed by atoms with Crippen LogP contribution in [0.2, 0.25) is 0 Å². The molecule has 30 heavy (non-hydrogen) atoms. The molecule has 1 aliphatic heterocycles. The third-order valence-corrected chi connectivity index (χ3v) is 6.94. The number of nitrogens with zero attached hydrogens (tertiary/aromatic N) is 2. The van der Waals surface area contributed by atoms with Crippen LogP contribution in [0.5, 0.6) is 0 Å². The van der Waals surface area contributed by atoms with Crippen molar-refractivity contribution in [3.05, 3.63) is 35.4 Å². The largest absolute Gasteiger partial charge is 0.376 e. The van der Waals surface area contributed by atoms with Crippen LogP contribution in [-0.2, 0) is 19.6 Å². The standard InChI is InChI=1S/C22H31N3O4S/c1-16(26)25-12-4-7-21(24-30(2,27)28)22(25)15-29-20-10-8-18(9-11-20)19-6-3-5-17(13-19)14-23/h3,5-6,13,18,20-22,24H,4,7-12,15H2,1-2H3/t18-,20+,21-,22-/m0/s1. The van der Waals surface area contributed by atoms with E-state index < -0.39 is 10.0 Å². The quantitative estimate of drug-likeness (QED) is 0.743. The summed E-state index contributed by atoms with van der Waals surface area (Å²) in [4.78, 5) is 13.8. The first-order valence-electron chi connectivity index (χ1n) is 10.6. The van der Waals surface area contributed by atoms with Crippen LogP contribution in [0.3, 0.4) is 0 Å². The Morgan fingerprint density at radius 1 is 1.27 bits per heavy atom. The van der Waals surface area contributed by atoms with Crippen molar-refractivity contribution >= 4 is 15.9 Å². The van der Waals surface area contributed by atoms with E-state index in [1.54, 1.807) is 4.90 Å². The van der Waals surface area contributed by atoms with Crippen LogP contribution >= 0.6 is 0 Å². The van der Waals surface area contributed by atoms with Crippen LogP contribution < -0.4 is 4.72 Å². The van der Waals surface area contributed by atoms with Gasteiger partial charge in [-0.3, -0.25) is 4.79 Å². The fourth-order valence-corrected chi connectivity index (χ4v) is 5.55. The summed E-state index contributed by atoms with van der Waals surface area (Å²) in [7, 11) is -3.36. The van der Waals surface area contributed by atoms with Gasteiger partial charge >= 0.3 is 0 Å². The van der Waals surface area contributed by atoms with Crippen LogP contribution in [0.1, 0.15) is 62.5 Å². The Balaban J connectivity index is 1.58. The molecule has 1 aliphatic carbocycles. The fraction of sp³-hybridized carbons (Fsp3) is 0.636. The fourth-order valence-electron chi connectivity index (χ4n) is 4.73. The minimum atomic E-state index is -3.36. The Kier molecular flexibility index (Phi) is 7.50. The number of carbonyl (C=O) groups is 1. The lowest BCUT2D eigenvalue weighted by molar-refractivity contribution is -0.136. The molecule has 1 amide bonds. The lowest BCUT2D eigenvalue weighted by Gasteiger charge is -2.41. The molecular weight excluding hydrogens is 402 g/mol. The predicted octanol–water partition coefficient (Wildman–Crippen LogP) is 2.53. The van der Waals surface area contributed by atoms with Crippen LogP contribution in [0.15, 0.2) is 24.3 Å². The van der Waals surface area contributed by atoms with Crippen LogP contribution in [0.4, 0.5) is 0 Å². The topological polar surface area (TPSA) is 99.5 Å². The van der Waals surface area contributed by atoms with E-state index in [0.29, 0.717) is 31.1 Å². The van der Waals surface area contributed by atoms with Gasteiger partial charge in [-0.15, -0.1) is 0 Å². The van der Waals surface area contributed by atoms with E-state index in [4.69, 9.17) is 10.00 Å². The molecule has 7 nitrogen and oxygen atoms in total. The van der Waals surface area contributed by atoms with E-state index in [2.05, 4.69) is 16.9 Å². The highest BCUT2D eigenvalue weighted by Crippen LogP contribution is 2.34. The number of amides is 1. The summed E-state index contributed by atoms with van der Waals surface area (Å²) in [6.45, 7) is 2.50. The molecule has 1 saturated carbocycles. The van der Waals surface area contributed by atoms with Crippen molar-refractivity contribution in [2.75, 3.05) is 19.4 Å². The summed E-state index contributed by atoms with van der Waals surface area (Å²) in [5, 5.41) is 9.11. The van der Waals surface area contributed by atoms with E-state index in [1.165, 1.54) is 12.5 Å². The van der Waals surface area contributed by atoms with Gasteiger partial charge in [0.2, 0.25) is 15.9 Å². The van der Waals surface area contributed by atoms with Gasteiger partial charge in [0, 0.05) is 19.5 Å². The van der Waals surface area contributed by atoms with Gasteiger partial charge in [-0.2, -0.15) is 5.26 Å². The number of sulfonamides is 1. The third-order valence-electron chi connectivity index (χ3n) is 6.21. The van der Waals surface area contributed by atoms with E-state index in [0.717, 1.165) is 38.4 Å². The van der Waals surface area contributed by atoms with Crippen LogP contribution in [0, 0.1) is 11.3 Å². The molecule has 1 heterocycles. The number of piperidine rings is 1. The number of nitriles is 1. The minimum absolute atomic E-state index is 0.0512. The number of carbonyl (C=O) groups excluding carboxylic acids is 1. The first-order chi connectivity index (χ1) is 14.3. The number of rotatable bonds is 6. The lowest BCUT2D eigenvalue weighted by atomic mass is 9.82. The molecule has 0 spiro atoms. The van der Waals surface area contributed by atoms with Crippen molar-refractivity contribution in [3.63, 3.8) is 0 Å². The summed E-state index contributed by atoms with van der Waals surface area (Å²) in [6, 6.07) is 9.42. The van der Waals surface area contributed by atoms with Gasteiger partial charge < -0.3 is 9.64 Å². The molecule has 0 unspecified atom stereocenters. The molecule has 1 N–H and O–H groups in total. The van der Waals surface area contributed by atoms with Gasteiger partial charge in [0.1, 0.15) is 0 Å². The number of nitrogens with one attached hydrogen (secondary N) is 1. The van der Waals surface area contributed by atoms with Gasteiger partial charge in [0.15, 0.2) is 0 Å². The van der Waals surface area contributed by atoms with Gasteiger partial charge in [-0.05, 0) is 62.1 Å². The minimum Gasteiger partial charge on any atom is -0.376 e. The number of ether oxygens (including phenoxy) is 1. The van der Waals surface area contributed by atoms with Gasteiger partial charge in [0.05, 0.1) is 36.6 Å². The maximum absolute atomic E-state index is 12.1. The van der Waals surface area contributed by atoms with Gasteiger partial charge in [-0.1, -0.05) is 12.1 Å². The summed E-state index contributed by atoms with van der Waals surface area (Å²) in [5.74, 6) is 0.380. The molecule has 2 atom stereocenters. The van der Waals surface area contributed by atoms with Crippen molar-refractivity contribution in [2.24, 2.45) is 0 Å². The molecule has 164 valence electrons. The Bertz CT molecular complexity index is 888. The lowest BCUT2D eigenvalue weighted by Crippen LogP contribution is -2.58. The smallest absolute Gasteiger partial charge is 0.219 e. The first kappa shape index (κ1) is 22.7. The zero-order valence-corrected chi connectivity index (χ0v) is 18.5. The molecule has 1 aromatic carbocycles. The molecule has 0 aromatic heterocycles. The number of hydrogen-bond donors (Lipinski definition) is 1. The SMILES string of the molecule is CC(=O)N1CCC[C@H](NS(C)(=O)=O)[C@@H]1CO[C@H]1CC[C@@H](c2cccc(C#N)c2)CC1. The summed E-state index contributed by atoms with van der Waals surface area (Å²) < 4.78 is 32.4. The molecule has 0 radical (unpaired) electrons. The second-order valence-electron chi connectivity index (χ2n) is 8.46. The zero-order valence-electron chi connectivity index (χ0n) is 17.7. The van der Waals surface area contributed by atoms with Gasteiger partial charge in [-0.25, -0.2) is 13.1 Å². The van der Waals surface area contributed by atoms with E-state index in [1.807, 2.05) is 18.2 Å². The second-order valence-corrected chi connectivity index (χ2v) is 10.2. The van der Waals surface area contributed by atoms with Crippen molar-refractivity contribution in [2.45, 2.75) is 69.6 Å². The number of benzene rings is 1. The van der Waals surface area contributed by atoms with Crippen molar-refractivity contribution < 1.29 is 17.9 Å². The Labute approximate surface area is 179 Å². The molecule has 0 bridgehead atoms. The molecule has 1 aromatic rings. The monoisotopic (exact) mass is 433 g/mol. The average molecular weight is 434 g/mol. The molecule has 1 saturated heterocycles. The number of likely N-dealkylation sites (tertiary alicyclic amines) is 1. The Hall–Kier alpha value is -1.95. The Morgan fingerprint density at radius 3 is 2.63 bits per heavy atom. The van der Waals surface area contributed by atoms with Gasteiger partial charge in [0.25, 0.3) is 0 Å². The van der Waals surface area contributed by atoms with Crippen molar-refractivity contribution in [1.29, 1.82) is 5.26 Å². The van der Waals surface area contributed by atoms with Crippen molar-refractivity contribution in [3.8, 4) is 6.07 Å². The van der Waals surface area contributed by atoms with Crippen LogP contribution in [0.25, 0.3) is 0 Å². The third kappa shape index (κ3) is 6.03. The Morgan fingerprint density at radius 2 is 2.00 bits per heavy atom. The highest BCUT2D eigenvalue weighted by Gasteiger charge is 2.35. The highest BCUT2D eigenvalue weighted by atomic mass is 32.2. The molecule has 2 aliphatic rings. The van der Waals surface area contributed by atoms with E-state index in [9.17, 15) is 13.2 Å². The number of hydrogen-bond acceptors (Lipinski definition) is 5. The molecule has 8 heteroatoms. The molecule has 3 rings (SSSR count). The van der Waals surface area contributed by atoms with E-state index >= 15 is 0 Å². The maximum atomic E-state index is 12.1. The maximum Gasteiger partial charge on any atom is 0.219 e. The van der Waals surface area contributed by atoms with Crippen LogP contribution in [-0.4, -0.2) is 56.8 Å². The zero-order chi connectivity index (χ0) is 21.7. The molecule has 2 fully saturated rings. The highest BCUT2D eigenvalue weighted by molar-refractivity contribution is 7.88. The average Bonchev–Trinajstić information content (AvgIpc) is 2.72.